The number of sulfonamides is 1. The maximum absolute atomic E-state index is 13.7. The quantitative estimate of drug-likeness (QED) is 0.703. The average molecular weight is 415 g/mol. The van der Waals surface area contributed by atoms with E-state index >= 15 is 0 Å². The summed E-state index contributed by atoms with van der Waals surface area (Å²) in [6.07, 6.45) is 0. The third kappa shape index (κ3) is 5.75. The molecule has 2 rings (SSSR count). The third-order valence-corrected chi connectivity index (χ3v) is 4.73. The van der Waals surface area contributed by atoms with Gasteiger partial charge in [0.2, 0.25) is 10.0 Å². The predicted octanol–water partition coefficient (Wildman–Crippen LogP) is 2.16. The summed E-state index contributed by atoms with van der Waals surface area (Å²) in [7, 11) is -4.12. The number of hydrogen-bond acceptors (Lipinski definition) is 5. The van der Waals surface area contributed by atoms with Crippen LogP contribution in [0.25, 0.3) is 0 Å². The Kier molecular flexibility index (Phi) is 6.53. The lowest BCUT2D eigenvalue weighted by Gasteiger charge is -2.14. The van der Waals surface area contributed by atoms with Crippen LogP contribution >= 0.6 is 11.6 Å². The van der Waals surface area contributed by atoms with Crippen LogP contribution < -0.4 is 10.5 Å². The van der Waals surface area contributed by atoms with Gasteiger partial charge in [0.05, 0.1) is 16.5 Å². The monoisotopic (exact) mass is 414 g/mol. The number of nitrogens with one attached hydrogen (secondary N) is 1. The highest BCUT2D eigenvalue weighted by Gasteiger charge is 2.19. The summed E-state index contributed by atoms with van der Waals surface area (Å²) < 4.78 is 41.1. The van der Waals surface area contributed by atoms with Crippen LogP contribution in [-0.2, 0) is 19.6 Å². The fourth-order valence-electron chi connectivity index (χ4n) is 2.16. The normalized spacial score (nSPS) is 12.3. The molecule has 1 amide bonds. The minimum absolute atomic E-state index is 0.379. The molecule has 144 valence electrons. The van der Waals surface area contributed by atoms with Crippen LogP contribution in [0.4, 0.5) is 4.39 Å². The number of carbonyl (C=O) groups excluding carboxylic acids is 2. The van der Waals surface area contributed by atoms with Gasteiger partial charge in [-0.1, -0.05) is 23.7 Å². The van der Waals surface area contributed by atoms with E-state index in [1.165, 1.54) is 0 Å². The molecule has 0 heterocycles. The zero-order chi connectivity index (χ0) is 20.2. The third-order valence-electron chi connectivity index (χ3n) is 3.57. The number of ether oxygens (including phenoxy) is 1. The summed E-state index contributed by atoms with van der Waals surface area (Å²) in [6.45, 7) is 1.05. The van der Waals surface area contributed by atoms with Crippen molar-refractivity contribution in [2.24, 2.45) is 5.14 Å². The van der Waals surface area contributed by atoms with Gasteiger partial charge in [-0.15, -0.1) is 0 Å². The SMILES string of the molecule is C[C@@H](NC(=O)COC(=O)c1cc(S(N)(=O)=O)ccc1F)c1ccc(Cl)cc1. The molecule has 0 fully saturated rings. The Bertz CT molecular complexity index is 964. The predicted molar refractivity (Wildman–Crippen MR) is 96.1 cm³/mol. The minimum atomic E-state index is -4.12. The molecule has 0 aliphatic carbocycles. The fourth-order valence-corrected chi connectivity index (χ4v) is 2.83. The number of halogens is 2. The molecular weight excluding hydrogens is 399 g/mol. The van der Waals surface area contributed by atoms with Crippen LogP contribution in [0.15, 0.2) is 47.4 Å². The van der Waals surface area contributed by atoms with Gasteiger partial charge >= 0.3 is 5.97 Å². The summed E-state index contributed by atoms with van der Waals surface area (Å²) >= 11 is 5.80. The summed E-state index contributed by atoms with van der Waals surface area (Å²) in [5.41, 5.74) is 0.144. The number of amides is 1. The van der Waals surface area contributed by atoms with E-state index in [4.69, 9.17) is 21.5 Å². The first-order valence-corrected chi connectivity index (χ1v) is 9.54. The van der Waals surface area contributed by atoms with Gasteiger partial charge in [-0.3, -0.25) is 4.79 Å². The van der Waals surface area contributed by atoms with Crippen molar-refractivity contribution in [1.82, 2.24) is 5.32 Å². The van der Waals surface area contributed by atoms with Crippen molar-refractivity contribution in [3.05, 3.63) is 64.4 Å². The Balaban J connectivity index is 1.99. The lowest BCUT2D eigenvalue weighted by molar-refractivity contribution is -0.124. The Hall–Kier alpha value is -2.49. The van der Waals surface area contributed by atoms with E-state index in [1.807, 2.05) is 0 Å². The number of rotatable bonds is 6. The largest absolute Gasteiger partial charge is 0.452 e. The molecule has 0 aliphatic heterocycles. The van der Waals surface area contributed by atoms with E-state index < -0.39 is 44.8 Å². The molecule has 0 aliphatic rings. The van der Waals surface area contributed by atoms with Crippen LogP contribution in [0.3, 0.4) is 0 Å². The number of esters is 1. The lowest BCUT2D eigenvalue weighted by Crippen LogP contribution is -2.31. The number of hydrogen-bond donors (Lipinski definition) is 2. The van der Waals surface area contributed by atoms with Crippen molar-refractivity contribution < 1.29 is 27.1 Å². The Morgan fingerprint density at radius 3 is 2.44 bits per heavy atom. The number of carbonyl (C=O) groups is 2. The van der Waals surface area contributed by atoms with Gasteiger partial charge in [0.15, 0.2) is 6.61 Å². The van der Waals surface area contributed by atoms with Crippen LogP contribution in [0, 0.1) is 5.82 Å². The zero-order valence-corrected chi connectivity index (χ0v) is 15.7. The molecule has 2 aromatic carbocycles. The molecule has 2 aromatic rings. The van der Waals surface area contributed by atoms with Gasteiger partial charge in [0.25, 0.3) is 5.91 Å². The van der Waals surface area contributed by atoms with Crippen LogP contribution in [0.1, 0.15) is 28.9 Å². The van der Waals surface area contributed by atoms with Crippen LogP contribution in [-0.4, -0.2) is 26.9 Å². The summed E-state index contributed by atoms with van der Waals surface area (Å²) in [6, 6.07) is 8.86. The molecule has 0 radical (unpaired) electrons. The molecule has 1 atom stereocenters. The van der Waals surface area contributed by atoms with Gasteiger partial charge < -0.3 is 10.1 Å². The van der Waals surface area contributed by atoms with Gasteiger partial charge in [-0.25, -0.2) is 22.7 Å². The Morgan fingerprint density at radius 2 is 1.85 bits per heavy atom. The second kappa shape index (κ2) is 8.47. The Morgan fingerprint density at radius 1 is 1.22 bits per heavy atom. The molecular formula is C17H16ClFN2O5S. The molecule has 0 unspecified atom stereocenters. The average Bonchev–Trinajstić information content (AvgIpc) is 2.59. The van der Waals surface area contributed by atoms with Crippen molar-refractivity contribution in [3.63, 3.8) is 0 Å². The van der Waals surface area contributed by atoms with E-state index in [0.29, 0.717) is 5.02 Å². The molecule has 0 bridgehead atoms. The highest BCUT2D eigenvalue weighted by molar-refractivity contribution is 7.89. The fraction of sp³-hybridized carbons (Fsp3) is 0.176. The van der Waals surface area contributed by atoms with Crippen LogP contribution in [0.5, 0.6) is 0 Å². The number of benzene rings is 2. The number of primary sulfonamides is 1. The van der Waals surface area contributed by atoms with Gasteiger partial charge in [-0.2, -0.15) is 0 Å². The topological polar surface area (TPSA) is 116 Å². The van der Waals surface area contributed by atoms with E-state index in [0.717, 1.165) is 23.8 Å². The highest BCUT2D eigenvalue weighted by Crippen LogP contribution is 2.17. The summed E-state index contributed by atoms with van der Waals surface area (Å²) in [5.74, 6) is -2.80. The first-order chi connectivity index (χ1) is 12.6. The smallest absolute Gasteiger partial charge is 0.341 e. The van der Waals surface area contributed by atoms with Crippen molar-refractivity contribution in [3.8, 4) is 0 Å². The molecule has 0 aromatic heterocycles. The Labute approximate surface area is 160 Å². The van der Waals surface area contributed by atoms with Crippen molar-refractivity contribution in [2.45, 2.75) is 17.9 Å². The minimum Gasteiger partial charge on any atom is -0.452 e. The van der Waals surface area contributed by atoms with E-state index in [1.54, 1.807) is 31.2 Å². The van der Waals surface area contributed by atoms with Crippen molar-refractivity contribution >= 4 is 33.5 Å². The van der Waals surface area contributed by atoms with Crippen LogP contribution in [0.2, 0.25) is 5.02 Å². The van der Waals surface area contributed by atoms with Gasteiger partial charge in [-0.05, 0) is 42.8 Å². The van der Waals surface area contributed by atoms with E-state index in [9.17, 15) is 22.4 Å². The molecule has 7 nitrogen and oxygen atoms in total. The second-order valence-corrected chi connectivity index (χ2v) is 7.60. The molecule has 10 heteroatoms. The highest BCUT2D eigenvalue weighted by atomic mass is 35.5. The lowest BCUT2D eigenvalue weighted by atomic mass is 10.1. The molecule has 3 N–H and O–H groups in total. The van der Waals surface area contributed by atoms with Gasteiger partial charge in [0, 0.05) is 5.02 Å². The van der Waals surface area contributed by atoms with E-state index in [-0.39, 0.29) is 6.04 Å². The maximum atomic E-state index is 13.7. The molecule has 0 saturated heterocycles. The summed E-state index contributed by atoms with van der Waals surface area (Å²) in [4.78, 5) is 23.4. The van der Waals surface area contributed by atoms with Crippen molar-refractivity contribution in [2.75, 3.05) is 6.61 Å². The molecule has 27 heavy (non-hydrogen) atoms. The molecule has 0 saturated carbocycles. The van der Waals surface area contributed by atoms with E-state index in [2.05, 4.69) is 5.32 Å². The zero-order valence-electron chi connectivity index (χ0n) is 14.1. The second-order valence-electron chi connectivity index (χ2n) is 5.60. The maximum Gasteiger partial charge on any atom is 0.341 e. The standard InChI is InChI=1S/C17H16ClFN2O5S/c1-10(11-2-4-12(18)5-3-11)21-16(22)9-26-17(23)14-8-13(27(20,24)25)6-7-15(14)19/h2-8,10H,9H2,1H3,(H,21,22)(H2,20,24,25)/t10-/m1/s1. The molecule has 0 spiro atoms. The first kappa shape index (κ1) is 20.8. The number of nitrogens with two attached hydrogens (primary N) is 1. The first-order valence-electron chi connectivity index (χ1n) is 7.62. The van der Waals surface area contributed by atoms with Gasteiger partial charge in [0.1, 0.15) is 5.82 Å². The van der Waals surface area contributed by atoms with Crippen molar-refractivity contribution in [1.29, 1.82) is 0 Å². The summed E-state index contributed by atoms with van der Waals surface area (Å²) in [5, 5.41) is 8.10.